The van der Waals surface area contributed by atoms with E-state index < -0.39 is 12.1 Å². The molecule has 3 amide bonds. The molecule has 9 nitrogen and oxygen atoms in total. The van der Waals surface area contributed by atoms with E-state index >= 15 is 0 Å². The number of aromatic nitrogens is 2. The number of ether oxygens (including phenoxy) is 1. The van der Waals surface area contributed by atoms with Gasteiger partial charge in [0.1, 0.15) is 12.6 Å². The summed E-state index contributed by atoms with van der Waals surface area (Å²) >= 11 is 0. The minimum atomic E-state index is -0.926. The maximum atomic E-state index is 13.7. The maximum absolute atomic E-state index is 13.7. The van der Waals surface area contributed by atoms with E-state index in [0.717, 1.165) is 30.4 Å². The van der Waals surface area contributed by atoms with Crippen LogP contribution in [-0.4, -0.2) is 51.9 Å². The summed E-state index contributed by atoms with van der Waals surface area (Å²) < 4.78 is 5.37. The number of carbonyl (C=O) groups excluding carboxylic acids is 3. The molecule has 2 aromatic carbocycles. The normalized spacial score (nSPS) is 14.5. The van der Waals surface area contributed by atoms with Gasteiger partial charge < -0.3 is 25.3 Å². The predicted octanol–water partition coefficient (Wildman–Crippen LogP) is 4.14. The minimum absolute atomic E-state index is 0.0841. The van der Waals surface area contributed by atoms with Crippen LogP contribution in [0.4, 0.5) is 4.79 Å². The van der Waals surface area contributed by atoms with Gasteiger partial charge in [0.25, 0.3) is 0 Å². The quantitative estimate of drug-likeness (QED) is 0.307. The first-order valence-corrected chi connectivity index (χ1v) is 13.6. The first-order chi connectivity index (χ1) is 19.0. The molecule has 1 fully saturated rings. The van der Waals surface area contributed by atoms with E-state index in [-0.39, 0.29) is 37.4 Å². The van der Waals surface area contributed by atoms with Crippen LogP contribution in [0.25, 0.3) is 0 Å². The van der Waals surface area contributed by atoms with Gasteiger partial charge in [-0.3, -0.25) is 9.59 Å². The summed E-state index contributed by atoms with van der Waals surface area (Å²) in [6, 6.07) is 18.3. The predicted molar refractivity (Wildman–Crippen MR) is 147 cm³/mol. The smallest absolute Gasteiger partial charge is 0.408 e. The van der Waals surface area contributed by atoms with Gasteiger partial charge in [0, 0.05) is 24.9 Å². The summed E-state index contributed by atoms with van der Waals surface area (Å²) in [4.78, 5) is 48.1. The van der Waals surface area contributed by atoms with Gasteiger partial charge in [-0.15, -0.1) is 0 Å². The molecule has 0 spiro atoms. The standard InChI is InChI=1S/C30H37N5O4/c1-2-16-35(19-27(36)34-28(24-14-9-15-24)23-12-7-4-8-13-23)29(37)26(17-25-18-31-21-32-25)33-30(38)39-20-22-10-5-3-6-11-22/h3-8,10-13,18,21,24,26,28H,2,9,14-17,19-20H2,1H3,(H,31,32)(H,33,38)(H,34,36)/t26-,28?/m0/s1. The highest BCUT2D eigenvalue weighted by atomic mass is 16.5. The topological polar surface area (TPSA) is 116 Å². The zero-order valence-corrected chi connectivity index (χ0v) is 22.3. The second kappa shape index (κ2) is 14.1. The van der Waals surface area contributed by atoms with Gasteiger partial charge >= 0.3 is 6.09 Å². The van der Waals surface area contributed by atoms with E-state index in [2.05, 4.69) is 20.6 Å². The monoisotopic (exact) mass is 531 g/mol. The molecule has 0 aliphatic heterocycles. The number of imidazole rings is 1. The third-order valence-electron chi connectivity index (χ3n) is 7.02. The minimum Gasteiger partial charge on any atom is -0.445 e. The van der Waals surface area contributed by atoms with Crippen molar-refractivity contribution in [3.63, 3.8) is 0 Å². The van der Waals surface area contributed by atoms with Crippen molar-refractivity contribution in [3.05, 3.63) is 90.0 Å². The molecule has 3 aromatic rings. The van der Waals surface area contributed by atoms with Crippen LogP contribution in [0.15, 0.2) is 73.2 Å². The SMILES string of the molecule is CCCN(CC(=O)NC(c1ccccc1)C1CCC1)C(=O)[C@H](Cc1cnc[nH]1)NC(=O)OCc1ccccc1. The lowest BCUT2D eigenvalue weighted by Crippen LogP contribution is -2.52. The van der Waals surface area contributed by atoms with Crippen molar-refractivity contribution in [2.24, 2.45) is 5.92 Å². The Kier molecular flexibility index (Phi) is 10.1. The molecule has 1 saturated carbocycles. The summed E-state index contributed by atoms with van der Waals surface area (Å²) in [5.74, 6) is -0.177. The van der Waals surface area contributed by atoms with Crippen LogP contribution in [0, 0.1) is 5.92 Å². The van der Waals surface area contributed by atoms with Crippen molar-refractivity contribution in [1.29, 1.82) is 0 Å². The van der Waals surface area contributed by atoms with Gasteiger partial charge in [-0.1, -0.05) is 74.0 Å². The van der Waals surface area contributed by atoms with E-state index in [9.17, 15) is 14.4 Å². The number of H-pyrrole nitrogens is 1. The van der Waals surface area contributed by atoms with Crippen LogP contribution in [-0.2, 0) is 27.4 Å². The third kappa shape index (κ3) is 8.17. The number of nitrogens with zero attached hydrogens (tertiary/aromatic N) is 2. The molecular formula is C30H37N5O4. The summed E-state index contributed by atoms with van der Waals surface area (Å²) in [5.41, 5.74) is 2.60. The fourth-order valence-corrected chi connectivity index (χ4v) is 4.78. The number of hydrogen-bond acceptors (Lipinski definition) is 5. The van der Waals surface area contributed by atoms with Gasteiger partial charge in [-0.2, -0.15) is 0 Å². The van der Waals surface area contributed by atoms with Gasteiger partial charge in [-0.25, -0.2) is 9.78 Å². The number of rotatable bonds is 13. The number of alkyl carbamates (subject to hydrolysis) is 1. The lowest BCUT2D eigenvalue weighted by Gasteiger charge is -2.35. The Morgan fingerprint density at radius 3 is 2.38 bits per heavy atom. The Labute approximate surface area is 229 Å². The summed E-state index contributed by atoms with van der Waals surface area (Å²) in [6.07, 6.45) is 6.58. The molecule has 0 bridgehead atoms. The third-order valence-corrected chi connectivity index (χ3v) is 7.02. The second-order valence-electron chi connectivity index (χ2n) is 9.95. The van der Waals surface area contributed by atoms with Gasteiger partial charge in [-0.05, 0) is 36.3 Å². The van der Waals surface area contributed by atoms with Crippen LogP contribution in [0.1, 0.15) is 55.5 Å². The van der Waals surface area contributed by atoms with Crippen LogP contribution < -0.4 is 10.6 Å². The Morgan fingerprint density at radius 2 is 1.77 bits per heavy atom. The Hall–Kier alpha value is -4.14. The van der Waals surface area contributed by atoms with Gasteiger partial charge in [0.05, 0.1) is 18.9 Å². The van der Waals surface area contributed by atoms with Crippen LogP contribution in [0.5, 0.6) is 0 Å². The van der Waals surface area contributed by atoms with Crippen LogP contribution in [0.2, 0.25) is 0 Å². The highest BCUT2D eigenvalue weighted by Gasteiger charge is 2.32. The largest absolute Gasteiger partial charge is 0.445 e. The van der Waals surface area contributed by atoms with E-state index in [0.29, 0.717) is 24.6 Å². The molecule has 1 heterocycles. The van der Waals surface area contributed by atoms with Crippen molar-refractivity contribution in [1.82, 2.24) is 25.5 Å². The molecular weight excluding hydrogens is 494 g/mol. The molecule has 2 atom stereocenters. The number of aromatic amines is 1. The lowest BCUT2D eigenvalue weighted by molar-refractivity contribution is -0.138. The number of amides is 3. The van der Waals surface area contributed by atoms with Crippen LogP contribution >= 0.6 is 0 Å². The fraction of sp³-hybridized carbons (Fsp3) is 0.400. The number of benzene rings is 2. The number of nitrogens with one attached hydrogen (secondary N) is 3. The highest BCUT2D eigenvalue weighted by Crippen LogP contribution is 2.37. The summed E-state index contributed by atoms with van der Waals surface area (Å²) in [6.45, 7) is 2.32. The van der Waals surface area contributed by atoms with E-state index in [1.165, 1.54) is 11.2 Å². The Bertz CT molecular complexity index is 1180. The molecule has 1 aliphatic rings. The zero-order chi connectivity index (χ0) is 27.5. The van der Waals surface area contributed by atoms with Crippen molar-refractivity contribution in [2.45, 2.75) is 57.7 Å². The van der Waals surface area contributed by atoms with Crippen molar-refractivity contribution >= 4 is 17.9 Å². The highest BCUT2D eigenvalue weighted by molar-refractivity contribution is 5.90. The number of carbonyl (C=O) groups is 3. The zero-order valence-electron chi connectivity index (χ0n) is 22.3. The van der Waals surface area contributed by atoms with Crippen molar-refractivity contribution in [2.75, 3.05) is 13.1 Å². The first kappa shape index (κ1) is 27.9. The first-order valence-electron chi connectivity index (χ1n) is 13.6. The molecule has 3 N–H and O–H groups in total. The number of hydrogen-bond donors (Lipinski definition) is 3. The van der Waals surface area contributed by atoms with Gasteiger partial charge in [0.15, 0.2) is 0 Å². The molecule has 0 saturated heterocycles. The lowest BCUT2D eigenvalue weighted by atomic mass is 9.77. The van der Waals surface area contributed by atoms with E-state index in [1.807, 2.05) is 67.6 Å². The molecule has 1 aliphatic carbocycles. The second-order valence-corrected chi connectivity index (χ2v) is 9.95. The van der Waals surface area contributed by atoms with Crippen LogP contribution in [0.3, 0.4) is 0 Å². The van der Waals surface area contributed by atoms with Crippen molar-refractivity contribution in [3.8, 4) is 0 Å². The van der Waals surface area contributed by atoms with E-state index in [1.54, 1.807) is 6.20 Å². The molecule has 9 heteroatoms. The fourth-order valence-electron chi connectivity index (χ4n) is 4.78. The Morgan fingerprint density at radius 1 is 1.05 bits per heavy atom. The molecule has 4 rings (SSSR count). The molecule has 39 heavy (non-hydrogen) atoms. The Balaban J connectivity index is 1.42. The molecule has 1 unspecified atom stereocenters. The van der Waals surface area contributed by atoms with Gasteiger partial charge in [0.2, 0.25) is 11.8 Å². The summed E-state index contributed by atoms with van der Waals surface area (Å²) in [5, 5.41) is 5.89. The average molecular weight is 532 g/mol. The molecule has 206 valence electrons. The summed E-state index contributed by atoms with van der Waals surface area (Å²) in [7, 11) is 0. The average Bonchev–Trinajstić information content (AvgIpc) is 3.44. The molecule has 0 radical (unpaired) electrons. The molecule has 1 aromatic heterocycles. The maximum Gasteiger partial charge on any atom is 0.408 e. The van der Waals surface area contributed by atoms with E-state index in [4.69, 9.17) is 4.74 Å². The van der Waals surface area contributed by atoms with Crippen molar-refractivity contribution < 1.29 is 19.1 Å².